The van der Waals surface area contributed by atoms with E-state index in [0.29, 0.717) is 0 Å². The van der Waals surface area contributed by atoms with Gasteiger partial charge in [0.1, 0.15) is 0 Å². The number of urea groups is 1. The maximum absolute atomic E-state index is 10.3. The Morgan fingerprint density at radius 1 is 1.43 bits per heavy atom. The molecule has 1 aliphatic rings. The van der Waals surface area contributed by atoms with Gasteiger partial charge in [-0.05, 0) is 18.8 Å². The number of amides is 2. The van der Waals surface area contributed by atoms with Crippen molar-refractivity contribution in [3.05, 3.63) is 0 Å². The molecule has 0 unspecified atom stereocenters. The van der Waals surface area contributed by atoms with Crippen molar-refractivity contribution in [1.82, 2.24) is 5.43 Å². The molecule has 4 heteroatoms. The highest BCUT2D eigenvalue weighted by molar-refractivity contribution is 5.72. The van der Waals surface area contributed by atoms with E-state index in [-0.39, 0.29) is 0 Å². The van der Waals surface area contributed by atoms with Crippen LogP contribution in [0.3, 0.4) is 0 Å². The molecule has 14 heavy (non-hydrogen) atoms. The Morgan fingerprint density at radius 2 is 2.14 bits per heavy atom. The molecule has 0 atom stereocenters. The Kier molecular flexibility index (Phi) is 5.04. The number of hydrogen-bond acceptors (Lipinski definition) is 2. The average molecular weight is 197 g/mol. The van der Waals surface area contributed by atoms with Crippen molar-refractivity contribution in [1.29, 1.82) is 0 Å². The van der Waals surface area contributed by atoms with Crippen molar-refractivity contribution in [2.45, 2.75) is 44.9 Å². The molecular formula is C10H19N3O. The second-order valence-electron chi connectivity index (χ2n) is 3.87. The zero-order chi connectivity index (χ0) is 10.2. The third kappa shape index (κ3) is 4.84. The second kappa shape index (κ2) is 6.40. The Hall–Kier alpha value is -1.06. The third-order valence-corrected chi connectivity index (χ3v) is 2.69. The number of hydrogen-bond donors (Lipinski definition) is 2. The molecule has 1 fully saturated rings. The molecule has 1 saturated carbocycles. The van der Waals surface area contributed by atoms with Crippen LogP contribution < -0.4 is 11.2 Å². The largest absolute Gasteiger partial charge is 0.350 e. The predicted molar refractivity (Wildman–Crippen MR) is 57.0 cm³/mol. The van der Waals surface area contributed by atoms with Gasteiger partial charge in [-0.25, -0.2) is 10.2 Å². The fourth-order valence-corrected chi connectivity index (χ4v) is 1.96. The molecule has 2 amide bonds. The van der Waals surface area contributed by atoms with Crippen molar-refractivity contribution >= 4 is 12.2 Å². The molecule has 0 aromatic carbocycles. The summed E-state index contributed by atoms with van der Waals surface area (Å²) in [6, 6.07) is -0.598. The topological polar surface area (TPSA) is 67.5 Å². The van der Waals surface area contributed by atoms with Gasteiger partial charge in [-0.1, -0.05) is 32.1 Å². The SMILES string of the molecule is NC(=O)N/N=C/CCC1CCCCC1. The molecule has 1 rings (SSSR count). The summed E-state index contributed by atoms with van der Waals surface area (Å²) in [6.45, 7) is 0. The quantitative estimate of drug-likeness (QED) is 0.525. The van der Waals surface area contributed by atoms with E-state index in [0.717, 1.165) is 12.3 Å². The molecule has 1 aliphatic carbocycles. The second-order valence-corrected chi connectivity index (χ2v) is 3.87. The van der Waals surface area contributed by atoms with Crippen molar-refractivity contribution < 1.29 is 4.79 Å². The summed E-state index contributed by atoms with van der Waals surface area (Å²) in [5, 5.41) is 3.71. The Bertz CT molecular complexity index is 198. The van der Waals surface area contributed by atoms with Gasteiger partial charge >= 0.3 is 6.03 Å². The van der Waals surface area contributed by atoms with Crippen LogP contribution in [0.25, 0.3) is 0 Å². The molecular weight excluding hydrogens is 178 g/mol. The Morgan fingerprint density at radius 3 is 2.79 bits per heavy atom. The van der Waals surface area contributed by atoms with Crippen LogP contribution >= 0.6 is 0 Å². The summed E-state index contributed by atoms with van der Waals surface area (Å²) < 4.78 is 0. The van der Waals surface area contributed by atoms with E-state index in [1.165, 1.54) is 38.5 Å². The molecule has 0 radical (unpaired) electrons. The average Bonchev–Trinajstić information content (AvgIpc) is 2.18. The van der Waals surface area contributed by atoms with Crippen LogP contribution in [-0.4, -0.2) is 12.2 Å². The van der Waals surface area contributed by atoms with E-state index < -0.39 is 6.03 Å². The highest BCUT2D eigenvalue weighted by Gasteiger charge is 2.11. The summed E-state index contributed by atoms with van der Waals surface area (Å²) in [5.41, 5.74) is 7.05. The van der Waals surface area contributed by atoms with Gasteiger partial charge in [0.15, 0.2) is 0 Å². The first-order valence-corrected chi connectivity index (χ1v) is 5.36. The zero-order valence-electron chi connectivity index (χ0n) is 8.54. The van der Waals surface area contributed by atoms with E-state index in [2.05, 4.69) is 10.5 Å². The van der Waals surface area contributed by atoms with Gasteiger partial charge in [0, 0.05) is 6.21 Å². The minimum absolute atomic E-state index is 0.598. The van der Waals surface area contributed by atoms with Gasteiger partial charge in [-0.3, -0.25) is 0 Å². The minimum Gasteiger partial charge on any atom is -0.350 e. The van der Waals surface area contributed by atoms with E-state index in [1.807, 2.05) is 0 Å². The van der Waals surface area contributed by atoms with Crippen LogP contribution in [0, 0.1) is 5.92 Å². The molecule has 0 spiro atoms. The number of carbonyl (C=O) groups excluding carboxylic acids is 1. The van der Waals surface area contributed by atoms with Gasteiger partial charge in [0.2, 0.25) is 0 Å². The van der Waals surface area contributed by atoms with Crippen molar-refractivity contribution in [2.75, 3.05) is 0 Å². The molecule has 0 aromatic heterocycles. The maximum Gasteiger partial charge on any atom is 0.332 e. The summed E-state index contributed by atoms with van der Waals surface area (Å²) in [7, 11) is 0. The number of rotatable bonds is 4. The first kappa shape index (κ1) is 11.0. The number of carbonyl (C=O) groups is 1. The molecule has 4 nitrogen and oxygen atoms in total. The first-order chi connectivity index (χ1) is 6.79. The summed E-state index contributed by atoms with van der Waals surface area (Å²) in [5.74, 6) is 0.865. The lowest BCUT2D eigenvalue weighted by atomic mass is 9.86. The van der Waals surface area contributed by atoms with Gasteiger partial charge in [-0.2, -0.15) is 5.10 Å². The number of nitrogens with zero attached hydrogens (tertiary/aromatic N) is 1. The zero-order valence-corrected chi connectivity index (χ0v) is 8.54. The van der Waals surface area contributed by atoms with Crippen molar-refractivity contribution in [3.8, 4) is 0 Å². The smallest absolute Gasteiger partial charge is 0.332 e. The maximum atomic E-state index is 10.3. The summed E-state index contributed by atoms with van der Waals surface area (Å²) in [4.78, 5) is 10.3. The van der Waals surface area contributed by atoms with Crippen LogP contribution in [-0.2, 0) is 0 Å². The van der Waals surface area contributed by atoms with E-state index in [1.54, 1.807) is 6.21 Å². The van der Waals surface area contributed by atoms with Crippen LogP contribution in [0.5, 0.6) is 0 Å². The van der Waals surface area contributed by atoms with E-state index in [4.69, 9.17) is 5.73 Å². The highest BCUT2D eigenvalue weighted by atomic mass is 16.2. The highest BCUT2D eigenvalue weighted by Crippen LogP contribution is 2.26. The molecule has 3 N–H and O–H groups in total. The van der Waals surface area contributed by atoms with Crippen LogP contribution in [0.2, 0.25) is 0 Å². The number of nitrogens with one attached hydrogen (secondary N) is 1. The van der Waals surface area contributed by atoms with E-state index >= 15 is 0 Å². The lowest BCUT2D eigenvalue weighted by Gasteiger charge is -2.20. The molecule has 80 valence electrons. The normalized spacial score (nSPS) is 18.6. The predicted octanol–water partition coefficient (Wildman–Crippen LogP) is 2.00. The number of hydrazone groups is 1. The van der Waals surface area contributed by atoms with Gasteiger partial charge in [-0.15, -0.1) is 0 Å². The standard InChI is InChI=1S/C10H19N3O/c11-10(14)13-12-8-4-7-9-5-2-1-3-6-9/h8-9H,1-7H2,(H3,11,13,14)/b12-8+. The molecule has 0 saturated heterocycles. The van der Waals surface area contributed by atoms with Crippen LogP contribution in [0.4, 0.5) is 4.79 Å². The monoisotopic (exact) mass is 197 g/mol. The Labute approximate surface area is 84.9 Å². The fraction of sp³-hybridized carbons (Fsp3) is 0.800. The lowest BCUT2D eigenvalue weighted by Crippen LogP contribution is -2.24. The van der Waals surface area contributed by atoms with E-state index in [9.17, 15) is 4.79 Å². The molecule has 0 bridgehead atoms. The third-order valence-electron chi connectivity index (χ3n) is 2.69. The number of primary amides is 1. The molecule has 0 aliphatic heterocycles. The van der Waals surface area contributed by atoms with Gasteiger partial charge < -0.3 is 5.73 Å². The molecule has 0 aromatic rings. The van der Waals surface area contributed by atoms with Crippen molar-refractivity contribution in [3.63, 3.8) is 0 Å². The number of nitrogens with two attached hydrogens (primary N) is 1. The fourth-order valence-electron chi connectivity index (χ4n) is 1.96. The first-order valence-electron chi connectivity index (χ1n) is 5.36. The summed E-state index contributed by atoms with van der Waals surface area (Å²) in [6.07, 6.45) is 10.7. The van der Waals surface area contributed by atoms with Crippen molar-refractivity contribution in [2.24, 2.45) is 16.8 Å². The molecule has 0 heterocycles. The van der Waals surface area contributed by atoms with Gasteiger partial charge in [0.05, 0.1) is 0 Å². The van der Waals surface area contributed by atoms with Gasteiger partial charge in [0.25, 0.3) is 0 Å². The lowest BCUT2D eigenvalue weighted by molar-refractivity contribution is 0.249. The Balaban J connectivity index is 2.02. The minimum atomic E-state index is -0.598. The summed E-state index contributed by atoms with van der Waals surface area (Å²) >= 11 is 0. The van der Waals surface area contributed by atoms with Crippen LogP contribution in [0.1, 0.15) is 44.9 Å². The van der Waals surface area contributed by atoms with Crippen LogP contribution in [0.15, 0.2) is 5.10 Å².